The van der Waals surface area contributed by atoms with Gasteiger partial charge < -0.3 is 9.32 Å². The van der Waals surface area contributed by atoms with Crippen molar-refractivity contribution in [2.24, 2.45) is 0 Å². The molecule has 2 nitrogen and oxygen atoms in total. The monoisotopic (exact) mass is 699 g/mol. The lowest BCUT2D eigenvalue weighted by Gasteiger charge is -2.28. The third-order valence-electron chi connectivity index (χ3n) is 9.89. The van der Waals surface area contributed by atoms with Crippen LogP contribution in [0.5, 0.6) is 0 Å². The summed E-state index contributed by atoms with van der Waals surface area (Å²) in [6, 6.07) is 67.5. The molecule has 0 amide bonds. The molecule has 8 aromatic carbocycles. The minimum atomic E-state index is 0.865. The molecule has 0 bridgehead atoms. The molecule has 0 aliphatic heterocycles. The Hall–Kier alpha value is -6.42. The molecule has 2 heterocycles. The Balaban J connectivity index is 0.00000183. The quantitative estimate of drug-likeness (QED) is 0.172. The van der Waals surface area contributed by atoms with E-state index in [4.69, 9.17) is 4.42 Å². The Morgan fingerprint density at radius 1 is 0.377 bits per heavy atom. The van der Waals surface area contributed by atoms with Crippen LogP contribution in [0.4, 0.5) is 17.1 Å². The fraction of sp³-hybridized carbons (Fsp3) is 0.0400. The lowest BCUT2D eigenvalue weighted by Crippen LogP contribution is -2.11. The summed E-state index contributed by atoms with van der Waals surface area (Å²) in [5.41, 5.74) is 12.0. The van der Waals surface area contributed by atoms with Gasteiger partial charge in [-0.3, -0.25) is 0 Å². The molecule has 0 N–H and O–H groups in total. The average Bonchev–Trinajstić information content (AvgIpc) is 3.80. The lowest BCUT2D eigenvalue weighted by molar-refractivity contribution is 0.669. The molecule has 0 saturated carbocycles. The summed E-state index contributed by atoms with van der Waals surface area (Å²) in [6.45, 7) is 4.00. The minimum Gasteiger partial charge on any atom is -0.456 e. The molecule has 254 valence electrons. The van der Waals surface area contributed by atoms with Crippen molar-refractivity contribution in [3.8, 4) is 33.4 Å². The van der Waals surface area contributed by atoms with E-state index in [1.807, 2.05) is 31.3 Å². The van der Waals surface area contributed by atoms with Gasteiger partial charge in [-0.15, -0.1) is 11.3 Å². The molecule has 0 aliphatic carbocycles. The fourth-order valence-corrected chi connectivity index (χ4v) is 8.45. The second-order valence-electron chi connectivity index (χ2n) is 12.9. The smallest absolute Gasteiger partial charge is 0.137 e. The molecule has 0 unspecified atom stereocenters. The topological polar surface area (TPSA) is 16.4 Å². The van der Waals surface area contributed by atoms with Gasteiger partial charge in [0.1, 0.15) is 11.2 Å². The molecule has 10 aromatic rings. The summed E-state index contributed by atoms with van der Waals surface area (Å²) < 4.78 is 9.15. The van der Waals surface area contributed by atoms with E-state index in [-0.39, 0.29) is 0 Å². The summed E-state index contributed by atoms with van der Waals surface area (Å²) in [6.07, 6.45) is 0. The standard InChI is InChI=1S/C48H31NOS.C2H6/c1-3-11-32(12-4-1)34-19-24-37(25-20-34)49(38-26-21-35(22-27-38)33-13-5-2-6-14-33)44-31-46-42(39-15-7-9-17-45(39)50-46)30-41(44)36-23-28-48-43(29-36)40-16-8-10-18-47(40)51-48;1-2/h1-31H;1-2H3. The molecule has 0 aliphatic rings. The molecular formula is C50H37NOS. The van der Waals surface area contributed by atoms with E-state index in [0.717, 1.165) is 44.6 Å². The number of fused-ring (bicyclic) bond motifs is 6. The van der Waals surface area contributed by atoms with Crippen LogP contribution in [0.2, 0.25) is 0 Å². The van der Waals surface area contributed by atoms with Crippen molar-refractivity contribution in [3.05, 3.63) is 188 Å². The zero-order valence-electron chi connectivity index (χ0n) is 29.7. The van der Waals surface area contributed by atoms with Crippen LogP contribution in [-0.2, 0) is 0 Å². The lowest BCUT2D eigenvalue weighted by atomic mass is 9.97. The molecular weight excluding hydrogens is 663 g/mol. The Labute approximate surface area is 313 Å². The third kappa shape index (κ3) is 5.95. The fourth-order valence-electron chi connectivity index (χ4n) is 7.36. The van der Waals surface area contributed by atoms with Gasteiger partial charge in [-0.25, -0.2) is 0 Å². The number of furan rings is 1. The van der Waals surface area contributed by atoms with Crippen molar-refractivity contribution in [3.63, 3.8) is 0 Å². The summed E-state index contributed by atoms with van der Waals surface area (Å²) >= 11 is 1.85. The predicted octanol–water partition coefficient (Wildman–Crippen LogP) is 15.5. The molecule has 0 radical (unpaired) electrons. The Morgan fingerprint density at radius 2 is 0.887 bits per heavy atom. The highest BCUT2D eigenvalue weighted by molar-refractivity contribution is 7.25. The van der Waals surface area contributed by atoms with Crippen molar-refractivity contribution in [2.45, 2.75) is 13.8 Å². The number of anilines is 3. The molecule has 53 heavy (non-hydrogen) atoms. The Bertz CT molecular complexity index is 2750. The number of para-hydroxylation sites is 1. The molecule has 0 saturated heterocycles. The van der Waals surface area contributed by atoms with Gasteiger partial charge >= 0.3 is 0 Å². The van der Waals surface area contributed by atoms with Crippen LogP contribution in [0.25, 0.3) is 75.5 Å². The average molecular weight is 700 g/mol. The molecule has 2 aromatic heterocycles. The van der Waals surface area contributed by atoms with Crippen molar-refractivity contribution in [1.82, 2.24) is 0 Å². The molecule has 0 spiro atoms. The van der Waals surface area contributed by atoms with E-state index in [2.05, 4.69) is 187 Å². The first-order valence-corrected chi connectivity index (χ1v) is 19.1. The van der Waals surface area contributed by atoms with Crippen molar-refractivity contribution in [1.29, 1.82) is 0 Å². The maximum atomic E-state index is 6.55. The summed E-state index contributed by atoms with van der Waals surface area (Å²) in [7, 11) is 0. The maximum absolute atomic E-state index is 6.55. The first-order chi connectivity index (χ1) is 26.3. The van der Waals surface area contributed by atoms with Crippen molar-refractivity contribution >= 4 is 70.5 Å². The van der Waals surface area contributed by atoms with Gasteiger partial charge in [0, 0.05) is 53.9 Å². The van der Waals surface area contributed by atoms with Gasteiger partial charge in [-0.1, -0.05) is 141 Å². The predicted molar refractivity (Wildman–Crippen MR) is 229 cm³/mol. The van der Waals surface area contributed by atoms with Gasteiger partial charge in [-0.2, -0.15) is 0 Å². The largest absolute Gasteiger partial charge is 0.456 e. The molecule has 3 heteroatoms. The van der Waals surface area contributed by atoms with Gasteiger partial charge in [0.2, 0.25) is 0 Å². The Morgan fingerprint density at radius 3 is 1.53 bits per heavy atom. The van der Waals surface area contributed by atoms with Crippen LogP contribution >= 0.6 is 11.3 Å². The number of rotatable bonds is 6. The molecule has 10 rings (SSSR count). The maximum Gasteiger partial charge on any atom is 0.137 e. The number of hydrogen-bond acceptors (Lipinski definition) is 3. The first-order valence-electron chi connectivity index (χ1n) is 18.2. The normalized spacial score (nSPS) is 11.2. The first kappa shape index (κ1) is 32.5. The molecule has 0 atom stereocenters. The summed E-state index contributed by atoms with van der Waals surface area (Å²) in [5.74, 6) is 0. The van der Waals surface area contributed by atoms with Crippen LogP contribution in [-0.4, -0.2) is 0 Å². The van der Waals surface area contributed by atoms with E-state index < -0.39 is 0 Å². The van der Waals surface area contributed by atoms with E-state index in [9.17, 15) is 0 Å². The van der Waals surface area contributed by atoms with E-state index in [1.165, 1.54) is 48.0 Å². The summed E-state index contributed by atoms with van der Waals surface area (Å²) in [5, 5.41) is 4.80. The third-order valence-corrected chi connectivity index (χ3v) is 11.0. The van der Waals surface area contributed by atoms with E-state index in [1.54, 1.807) is 0 Å². The van der Waals surface area contributed by atoms with Crippen LogP contribution in [0.1, 0.15) is 13.8 Å². The van der Waals surface area contributed by atoms with Gasteiger partial charge in [-0.05, 0) is 82.4 Å². The van der Waals surface area contributed by atoms with Crippen LogP contribution < -0.4 is 4.90 Å². The van der Waals surface area contributed by atoms with Gasteiger partial charge in [0.15, 0.2) is 0 Å². The molecule has 0 fully saturated rings. The highest BCUT2D eigenvalue weighted by Crippen LogP contribution is 2.46. The van der Waals surface area contributed by atoms with Crippen LogP contribution in [0.15, 0.2) is 192 Å². The van der Waals surface area contributed by atoms with Crippen molar-refractivity contribution < 1.29 is 4.42 Å². The number of thiophene rings is 1. The number of nitrogens with zero attached hydrogens (tertiary/aromatic N) is 1. The second-order valence-corrected chi connectivity index (χ2v) is 14.0. The zero-order valence-corrected chi connectivity index (χ0v) is 30.5. The minimum absolute atomic E-state index is 0.865. The Kier molecular flexibility index (Phi) is 8.55. The van der Waals surface area contributed by atoms with Crippen LogP contribution in [0, 0.1) is 0 Å². The van der Waals surface area contributed by atoms with Crippen molar-refractivity contribution in [2.75, 3.05) is 4.90 Å². The second kappa shape index (κ2) is 14.0. The highest BCUT2D eigenvalue weighted by Gasteiger charge is 2.22. The number of hydrogen-bond donors (Lipinski definition) is 0. The SMILES string of the molecule is CC.c1ccc(-c2ccc(N(c3ccc(-c4ccccc4)cc3)c3cc4oc5ccccc5c4cc3-c3ccc4sc5ccccc5c4c3)cc2)cc1. The summed E-state index contributed by atoms with van der Waals surface area (Å²) in [4.78, 5) is 2.38. The van der Waals surface area contributed by atoms with E-state index in [0.29, 0.717) is 0 Å². The van der Waals surface area contributed by atoms with Crippen LogP contribution in [0.3, 0.4) is 0 Å². The highest BCUT2D eigenvalue weighted by atomic mass is 32.1. The number of benzene rings is 8. The van der Waals surface area contributed by atoms with E-state index >= 15 is 0 Å². The van der Waals surface area contributed by atoms with Gasteiger partial charge in [0.05, 0.1) is 5.69 Å². The zero-order chi connectivity index (χ0) is 35.7. The van der Waals surface area contributed by atoms with Gasteiger partial charge in [0.25, 0.3) is 0 Å².